The summed E-state index contributed by atoms with van der Waals surface area (Å²) in [6.45, 7) is 9.19. The van der Waals surface area contributed by atoms with Crippen molar-refractivity contribution >= 4 is 7.60 Å². The molecule has 0 spiro atoms. The zero-order chi connectivity index (χ0) is 10.5. The average Bonchev–Trinajstić information content (AvgIpc) is 2.04. The summed E-state index contributed by atoms with van der Waals surface area (Å²) in [5.74, 6) is 0. The van der Waals surface area contributed by atoms with Gasteiger partial charge in [0.05, 0.1) is 11.8 Å². The molecule has 0 amide bonds. The van der Waals surface area contributed by atoms with E-state index in [1.165, 1.54) is 0 Å². The molecule has 0 aliphatic heterocycles. The van der Waals surface area contributed by atoms with Crippen LogP contribution in [0.4, 0.5) is 0 Å². The second kappa shape index (κ2) is 4.94. The molecular formula is C9H19O3P. The molecule has 0 saturated carbocycles. The molecule has 78 valence electrons. The highest BCUT2D eigenvalue weighted by Gasteiger charge is 2.41. The third-order valence-corrected chi connectivity index (χ3v) is 4.80. The van der Waals surface area contributed by atoms with E-state index in [9.17, 15) is 9.46 Å². The highest BCUT2D eigenvalue weighted by atomic mass is 31.2. The Kier molecular flexibility index (Phi) is 4.90. The summed E-state index contributed by atoms with van der Waals surface area (Å²) in [4.78, 5) is 9.65. The lowest BCUT2D eigenvalue weighted by atomic mass is 10.0. The molecule has 13 heavy (non-hydrogen) atoms. The molecular weight excluding hydrogens is 187 g/mol. The van der Waals surface area contributed by atoms with Crippen LogP contribution in [-0.2, 0) is 9.09 Å². The van der Waals surface area contributed by atoms with E-state index in [4.69, 9.17) is 4.52 Å². The summed E-state index contributed by atoms with van der Waals surface area (Å²) in [6, 6.07) is 0. The molecule has 0 bridgehead atoms. The Bertz CT molecular complexity index is 215. The molecule has 0 heterocycles. The van der Waals surface area contributed by atoms with Crippen molar-refractivity contribution in [2.24, 2.45) is 0 Å². The van der Waals surface area contributed by atoms with Gasteiger partial charge in [0.2, 0.25) is 0 Å². The molecule has 0 aliphatic rings. The number of hydrogen-bond donors (Lipinski definition) is 1. The maximum atomic E-state index is 11.7. The van der Waals surface area contributed by atoms with Crippen molar-refractivity contribution in [2.75, 3.05) is 6.61 Å². The Morgan fingerprint density at radius 3 is 2.46 bits per heavy atom. The molecule has 2 atom stereocenters. The first-order chi connectivity index (χ1) is 5.93. The normalized spacial score (nSPS) is 20.3. The minimum absolute atomic E-state index is 0.264. The first kappa shape index (κ1) is 12.9. The SMILES string of the molecule is C=CCC(C)(CC)P(=O)(O)OCC. The molecule has 4 heteroatoms. The lowest BCUT2D eigenvalue weighted by Gasteiger charge is -2.30. The van der Waals surface area contributed by atoms with Crippen molar-refractivity contribution in [2.45, 2.75) is 38.8 Å². The van der Waals surface area contributed by atoms with E-state index >= 15 is 0 Å². The van der Waals surface area contributed by atoms with Crippen molar-refractivity contribution in [3.05, 3.63) is 12.7 Å². The van der Waals surface area contributed by atoms with Gasteiger partial charge < -0.3 is 9.42 Å². The molecule has 0 aliphatic carbocycles. The van der Waals surface area contributed by atoms with Gasteiger partial charge in [-0.1, -0.05) is 13.0 Å². The summed E-state index contributed by atoms with van der Waals surface area (Å²) in [5.41, 5.74) is 0. The quantitative estimate of drug-likeness (QED) is 0.536. The van der Waals surface area contributed by atoms with Gasteiger partial charge in [0, 0.05) is 0 Å². The maximum Gasteiger partial charge on any atom is 0.334 e. The summed E-state index contributed by atoms with van der Waals surface area (Å²) in [7, 11) is -3.50. The van der Waals surface area contributed by atoms with Crippen LogP contribution in [0.5, 0.6) is 0 Å². The fourth-order valence-corrected chi connectivity index (χ4v) is 2.52. The molecule has 0 saturated heterocycles. The molecule has 0 aromatic heterocycles. The summed E-state index contributed by atoms with van der Waals surface area (Å²) in [6.07, 6.45) is 2.76. The third-order valence-electron chi connectivity index (χ3n) is 2.33. The van der Waals surface area contributed by atoms with Crippen LogP contribution in [0.3, 0.4) is 0 Å². The molecule has 0 fully saturated rings. The minimum atomic E-state index is -3.50. The molecule has 0 radical (unpaired) electrons. The van der Waals surface area contributed by atoms with E-state index in [1.807, 2.05) is 6.92 Å². The van der Waals surface area contributed by atoms with Crippen LogP contribution in [0.15, 0.2) is 12.7 Å². The van der Waals surface area contributed by atoms with Gasteiger partial charge in [-0.3, -0.25) is 4.57 Å². The molecule has 0 rings (SSSR count). The first-order valence-electron chi connectivity index (χ1n) is 4.52. The number of hydrogen-bond acceptors (Lipinski definition) is 2. The smallest absolute Gasteiger partial charge is 0.324 e. The standard InChI is InChI=1S/C9H19O3P/c1-5-8-9(4,6-2)13(10,11)12-7-3/h5H,1,6-8H2,2-4H3,(H,10,11). The maximum absolute atomic E-state index is 11.7. The molecule has 0 aromatic rings. The Labute approximate surface area is 80.3 Å². The average molecular weight is 206 g/mol. The van der Waals surface area contributed by atoms with Crippen LogP contribution in [0.1, 0.15) is 33.6 Å². The largest absolute Gasteiger partial charge is 0.334 e. The predicted octanol–water partition coefficient (Wildman–Crippen LogP) is 2.95. The summed E-state index contributed by atoms with van der Waals surface area (Å²) in [5, 5.41) is -0.690. The van der Waals surface area contributed by atoms with Gasteiger partial charge in [-0.05, 0) is 26.7 Å². The highest BCUT2D eigenvalue weighted by molar-refractivity contribution is 7.54. The first-order valence-corrected chi connectivity index (χ1v) is 6.09. The second-order valence-electron chi connectivity index (χ2n) is 3.28. The molecule has 1 N–H and O–H groups in total. The molecule has 0 aromatic carbocycles. The molecule has 2 unspecified atom stereocenters. The molecule has 3 nitrogen and oxygen atoms in total. The number of rotatable bonds is 6. The summed E-state index contributed by atoms with van der Waals surface area (Å²) >= 11 is 0. The van der Waals surface area contributed by atoms with E-state index in [-0.39, 0.29) is 6.61 Å². The van der Waals surface area contributed by atoms with Gasteiger partial charge in [0.1, 0.15) is 0 Å². The van der Waals surface area contributed by atoms with Crippen molar-refractivity contribution in [3.8, 4) is 0 Å². The predicted molar refractivity (Wildman–Crippen MR) is 55.0 cm³/mol. The lowest BCUT2D eigenvalue weighted by molar-refractivity contribution is 0.245. The third kappa shape index (κ3) is 2.94. The van der Waals surface area contributed by atoms with Crippen LogP contribution in [0.25, 0.3) is 0 Å². The van der Waals surface area contributed by atoms with Gasteiger partial charge in [-0.25, -0.2) is 0 Å². The zero-order valence-electron chi connectivity index (χ0n) is 8.62. The van der Waals surface area contributed by atoms with E-state index in [0.717, 1.165) is 0 Å². The highest BCUT2D eigenvalue weighted by Crippen LogP contribution is 2.58. The van der Waals surface area contributed by atoms with Crippen LogP contribution in [-0.4, -0.2) is 16.7 Å². The van der Waals surface area contributed by atoms with Gasteiger partial charge >= 0.3 is 7.60 Å². The van der Waals surface area contributed by atoms with Crippen LogP contribution in [0.2, 0.25) is 0 Å². The monoisotopic (exact) mass is 206 g/mol. The van der Waals surface area contributed by atoms with Gasteiger partial charge in [-0.2, -0.15) is 0 Å². The van der Waals surface area contributed by atoms with E-state index in [2.05, 4.69) is 6.58 Å². The second-order valence-corrected chi connectivity index (χ2v) is 5.66. The van der Waals surface area contributed by atoms with E-state index in [0.29, 0.717) is 12.8 Å². The van der Waals surface area contributed by atoms with E-state index in [1.54, 1.807) is 19.9 Å². The van der Waals surface area contributed by atoms with Crippen LogP contribution in [0, 0.1) is 0 Å². The lowest BCUT2D eigenvalue weighted by Crippen LogP contribution is -2.24. The Balaban J connectivity index is 4.71. The van der Waals surface area contributed by atoms with Crippen molar-refractivity contribution in [1.29, 1.82) is 0 Å². The zero-order valence-corrected chi connectivity index (χ0v) is 9.51. The van der Waals surface area contributed by atoms with Gasteiger partial charge in [-0.15, -0.1) is 6.58 Å². The fourth-order valence-electron chi connectivity index (χ4n) is 1.10. The van der Waals surface area contributed by atoms with Gasteiger partial charge in [0.25, 0.3) is 0 Å². The summed E-state index contributed by atoms with van der Waals surface area (Å²) < 4.78 is 16.6. The van der Waals surface area contributed by atoms with Gasteiger partial charge in [0.15, 0.2) is 0 Å². The van der Waals surface area contributed by atoms with Crippen molar-refractivity contribution in [3.63, 3.8) is 0 Å². The Hall–Kier alpha value is -0.110. The fraction of sp³-hybridized carbons (Fsp3) is 0.778. The van der Waals surface area contributed by atoms with Crippen LogP contribution < -0.4 is 0 Å². The van der Waals surface area contributed by atoms with E-state index < -0.39 is 12.8 Å². The van der Waals surface area contributed by atoms with Crippen molar-refractivity contribution in [1.82, 2.24) is 0 Å². The number of allylic oxidation sites excluding steroid dienone is 1. The topological polar surface area (TPSA) is 46.5 Å². The Morgan fingerprint density at radius 2 is 2.15 bits per heavy atom. The van der Waals surface area contributed by atoms with Crippen LogP contribution >= 0.6 is 7.60 Å². The Morgan fingerprint density at radius 1 is 1.62 bits per heavy atom. The minimum Gasteiger partial charge on any atom is -0.324 e. The van der Waals surface area contributed by atoms with Crippen molar-refractivity contribution < 1.29 is 14.0 Å².